The van der Waals surface area contributed by atoms with Crippen LogP contribution in [0.4, 0.5) is 19.6 Å². The summed E-state index contributed by atoms with van der Waals surface area (Å²) in [6, 6.07) is 2.74. The van der Waals surface area contributed by atoms with Gasteiger partial charge in [0.15, 0.2) is 16.8 Å². The van der Waals surface area contributed by atoms with Gasteiger partial charge in [0.2, 0.25) is 0 Å². The monoisotopic (exact) mass is 313 g/mol. The molecule has 0 aliphatic heterocycles. The summed E-state index contributed by atoms with van der Waals surface area (Å²) in [4.78, 5) is 4.12. The number of anilines is 2. The fraction of sp³-hybridized carbons (Fsp3) is 0.231. The van der Waals surface area contributed by atoms with Gasteiger partial charge in [-0.25, -0.2) is 13.8 Å². The smallest absolute Gasteiger partial charge is 0.187 e. The van der Waals surface area contributed by atoms with Crippen LogP contribution in [0.3, 0.4) is 0 Å². The van der Waals surface area contributed by atoms with Crippen molar-refractivity contribution in [3.05, 3.63) is 40.4 Å². The zero-order chi connectivity index (χ0) is 14.9. The number of hydrogen-bond donors (Lipinski definition) is 2. The number of nitrogens with two attached hydrogens (primary N) is 1. The van der Waals surface area contributed by atoms with Crippen molar-refractivity contribution in [1.29, 1.82) is 0 Å². The van der Waals surface area contributed by atoms with E-state index in [9.17, 15) is 8.78 Å². The Hall–Kier alpha value is -1.60. The number of thiazole rings is 1. The molecule has 7 heteroatoms. The molecule has 2 rings (SSSR count). The highest BCUT2D eigenvalue weighted by Crippen LogP contribution is 2.27. The topological polar surface area (TPSA) is 50.9 Å². The number of aromatic nitrogens is 1. The molecular formula is C13H13F2N3S2. The van der Waals surface area contributed by atoms with E-state index < -0.39 is 11.6 Å². The van der Waals surface area contributed by atoms with Crippen molar-refractivity contribution in [2.45, 2.75) is 19.8 Å². The van der Waals surface area contributed by atoms with Crippen LogP contribution < -0.4 is 11.1 Å². The highest BCUT2D eigenvalue weighted by molar-refractivity contribution is 7.80. The quantitative estimate of drug-likeness (QED) is 0.840. The van der Waals surface area contributed by atoms with Gasteiger partial charge in [-0.15, -0.1) is 11.3 Å². The molecule has 0 bridgehead atoms. The van der Waals surface area contributed by atoms with Crippen LogP contribution in [0.2, 0.25) is 0 Å². The Balaban J connectivity index is 2.29. The Morgan fingerprint density at radius 2 is 2.05 bits per heavy atom. The summed E-state index contributed by atoms with van der Waals surface area (Å²) in [6.45, 7) is 4.02. The van der Waals surface area contributed by atoms with Gasteiger partial charge in [0, 0.05) is 10.9 Å². The number of rotatable bonds is 4. The molecule has 2 aromatic rings. The van der Waals surface area contributed by atoms with E-state index in [0.717, 1.165) is 5.69 Å². The highest BCUT2D eigenvalue weighted by Gasteiger charge is 2.16. The molecule has 0 aliphatic carbocycles. The van der Waals surface area contributed by atoms with Crippen LogP contribution in [0.1, 0.15) is 31.0 Å². The Morgan fingerprint density at radius 3 is 2.60 bits per heavy atom. The van der Waals surface area contributed by atoms with E-state index in [1.54, 1.807) is 0 Å². The first-order chi connectivity index (χ1) is 9.40. The molecule has 0 amide bonds. The fourth-order valence-corrected chi connectivity index (χ4v) is 2.60. The van der Waals surface area contributed by atoms with Crippen molar-refractivity contribution < 1.29 is 8.78 Å². The van der Waals surface area contributed by atoms with Gasteiger partial charge in [-0.05, 0) is 18.1 Å². The number of halogens is 2. The molecule has 0 spiro atoms. The number of hydrogen-bond acceptors (Lipinski definition) is 4. The fourth-order valence-electron chi connectivity index (χ4n) is 1.56. The predicted molar refractivity (Wildman–Crippen MR) is 81.7 cm³/mol. The Morgan fingerprint density at radius 1 is 1.35 bits per heavy atom. The van der Waals surface area contributed by atoms with Crippen LogP contribution in [0.25, 0.3) is 0 Å². The minimum atomic E-state index is -1.05. The Kier molecular flexibility index (Phi) is 4.29. The van der Waals surface area contributed by atoms with E-state index in [0.29, 0.717) is 5.13 Å². The average molecular weight is 313 g/mol. The minimum absolute atomic E-state index is 0.00663. The summed E-state index contributed by atoms with van der Waals surface area (Å²) < 4.78 is 27.6. The number of nitrogens with zero attached hydrogens (tertiary/aromatic N) is 1. The van der Waals surface area contributed by atoms with Crippen molar-refractivity contribution in [3.8, 4) is 0 Å². The second kappa shape index (κ2) is 5.80. The van der Waals surface area contributed by atoms with Crippen LogP contribution in [-0.2, 0) is 0 Å². The molecule has 0 fully saturated rings. The van der Waals surface area contributed by atoms with Crippen LogP contribution in [0, 0.1) is 11.6 Å². The SMILES string of the molecule is CC(C)c1csc(Nc2ccc(C(N)=S)c(F)c2F)n1. The Labute approximate surface area is 124 Å². The van der Waals surface area contributed by atoms with Gasteiger partial charge in [0.1, 0.15) is 4.99 Å². The lowest BCUT2D eigenvalue weighted by Crippen LogP contribution is -2.13. The Bertz CT molecular complexity index is 653. The standard InChI is InChI=1S/C13H13F2N3S2/c1-6(2)9-5-20-13(18-9)17-8-4-3-7(12(16)19)10(14)11(8)15/h3-6H,1-2H3,(H2,16,19)(H,17,18). The number of thiocarbonyl (C=S) groups is 1. The summed E-state index contributed by atoms with van der Waals surface area (Å²) >= 11 is 5.99. The minimum Gasteiger partial charge on any atom is -0.389 e. The number of benzene rings is 1. The van der Waals surface area contributed by atoms with Crippen LogP contribution in [0.15, 0.2) is 17.5 Å². The third-order valence-electron chi connectivity index (χ3n) is 2.70. The zero-order valence-corrected chi connectivity index (χ0v) is 12.5. The first-order valence-corrected chi connectivity index (χ1v) is 7.19. The lowest BCUT2D eigenvalue weighted by atomic mass is 10.2. The molecule has 0 radical (unpaired) electrons. The second-order valence-electron chi connectivity index (χ2n) is 4.51. The van der Waals surface area contributed by atoms with Gasteiger partial charge in [0.05, 0.1) is 11.4 Å². The van der Waals surface area contributed by atoms with Gasteiger partial charge < -0.3 is 11.1 Å². The molecule has 106 valence electrons. The molecule has 1 aromatic carbocycles. The maximum atomic E-state index is 13.9. The van der Waals surface area contributed by atoms with Crippen molar-refractivity contribution in [2.75, 3.05) is 5.32 Å². The lowest BCUT2D eigenvalue weighted by Gasteiger charge is -2.08. The number of nitrogens with one attached hydrogen (secondary N) is 1. The first-order valence-electron chi connectivity index (χ1n) is 5.90. The maximum absolute atomic E-state index is 13.9. The van der Waals surface area contributed by atoms with Crippen molar-refractivity contribution >= 4 is 39.4 Å². The summed E-state index contributed by atoms with van der Waals surface area (Å²) in [7, 11) is 0. The highest BCUT2D eigenvalue weighted by atomic mass is 32.1. The molecule has 3 N–H and O–H groups in total. The zero-order valence-electron chi connectivity index (χ0n) is 10.9. The predicted octanol–water partition coefficient (Wildman–Crippen LogP) is 3.92. The molecule has 1 heterocycles. The van der Waals surface area contributed by atoms with Crippen molar-refractivity contribution in [3.63, 3.8) is 0 Å². The first kappa shape index (κ1) is 14.8. The van der Waals surface area contributed by atoms with Gasteiger partial charge in [-0.3, -0.25) is 0 Å². The van der Waals surface area contributed by atoms with Crippen LogP contribution in [-0.4, -0.2) is 9.97 Å². The molecule has 20 heavy (non-hydrogen) atoms. The summed E-state index contributed by atoms with van der Waals surface area (Å²) in [6.07, 6.45) is 0. The normalized spacial score (nSPS) is 10.8. The summed E-state index contributed by atoms with van der Waals surface area (Å²) in [5.41, 5.74) is 6.12. The van der Waals surface area contributed by atoms with Crippen LogP contribution >= 0.6 is 23.6 Å². The summed E-state index contributed by atoms with van der Waals surface area (Å²) in [5, 5.41) is 5.15. The molecule has 0 saturated carbocycles. The third-order valence-corrected chi connectivity index (χ3v) is 3.70. The third kappa shape index (κ3) is 2.94. The van der Waals surface area contributed by atoms with Crippen molar-refractivity contribution in [1.82, 2.24) is 4.98 Å². The molecule has 3 nitrogen and oxygen atoms in total. The lowest BCUT2D eigenvalue weighted by molar-refractivity contribution is 0.510. The summed E-state index contributed by atoms with van der Waals surface area (Å²) in [5.74, 6) is -1.79. The molecule has 1 aromatic heterocycles. The molecule has 0 saturated heterocycles. The second-order valence-corrected chi connectivity index (χ2v) is 5.81. The van der Waals surface area contributed by atoms with Gasteiger partial charge in [-0.1, -0.05) is 26.1 Å². The van der Waals surface area contributed by atoms with E-state index >= 15 is 0 Å². The molecular weight excluding hydrogens is 300 g/mol. The molecule has 0 aliphatic rings. The maximum Gasteiger partial charge on any atom is 0.187 e. The van der Waals surface area contributed by atoms with E-state index in [-0.39, 0.29) is 22.2 Å². The van der Waals surface area contributed by atoms with Gasteiger partial charge in [-0.2, -0.15) is 0 Å². The van der Waals surface area contributed by atoms with E-state index in [1.807, 2.05) is 19.2 Å². The van der Waals surface area contributed by atoms with Crippen LogP contribution in [0.5, 0.6) is 0 Å². The van der Waals surface area contributed by atoms with Crippen molar-refractivity contribution in [2.24, 2.45) is 5.73 Å². The van der Waals surface area contributed by atoms with E-state index in [4.69, 9.17) is 5.73 Å². The average Bonchev–Trinajstić information content (AvgIpc) is 2.83. The van der Waals surface area contributed by atoms with E-state index in [2.05, 4.69) is 22.5 Å². The molecule has 0 unspecified atom stereocenters. The molecule has 0 atom stereocenters. The van der Waals surface area contributed by atoms with Gasteiger partial charge in [0.25, 0.3) is 0 Å². The van der Waals surface area contributed by atoms with E-state index in [1.165, 1.54) is 23.5 Å². The van der Waals surface area contributed by atoms with Gasteiger partial charge >= 0.3 is 0 Å². The largest absolute Gasteiger partial charge is 0.389 e.